The minimum Gasteiger partial charge on any atom is -0.493 e. The van der Waals surface area contributed by atoms with Crippen LogP contribution in [0, 0.1) is 0 Å². The fourth-order valence-corrected chi connectivity index (χ4v) is 5.10. The first-order valence-corrected chi connectivity index (χ1v) is 17.5. The molecule has 1 aliphatic heterocycles. The summed E-state index contributed by atoms with van der Waals surface area (Å²) >= 11 is 1.20. The minimum absolute atomic E-state index is 0.134. The summed E-state index contributed by atoms with van der Waals surface area (Å²) in [6.45, 7) is 12.3. The number of carbonyl (C=O) groups excluding carboxylic acids is 3. The number of fused-ring (bicyclic) bond motifs is 1. The van der Waals surface area contributed by atoms with Gasteiger partial charge in [0.25, 0.3) is 0 Å². The van der Waals surface area contributed by atoms with Gasteiger partial charge in [0, 0.05) is 35.5 Å². The van der Waals surface area contributed by atoms with Crippen molar-refractivity contribution in [3.8, 4) is 23.0 Å². The molecular formula is C37H53N5O6S. The summed E-state index contributed by atoms with van der Waals surface area (Å²) < 4.78 is 16.8. The molecule has 4 aromatic rings. The summed E-state index contributed by atoms with van der Waals surface area (Å²) in [6.07, 6.45) is 6.57. The van der Waals surface area contributed by atoms with E-state index in [0.717, 1.165) is 23.3 Å². The maximum atomic E-state index is 12.3. The smallest absolute Gasteiger partial charge is 0.230 e. The molecule has 0 unspecified atom stereocenters. The van der Waals surface area contributed by atoms with E-state index in [2.05, 4.69) is 39.6 Å². The van der Waals surface area contributed by atoms with Gasteiger partial charge in [-0.3, -0.25) is 14.6 Å². The minimum atomic E-state index is -0.236. The summed E-state index contributed by atoms with van der Waals surface area (Å²) in [5.41, 5.74) is 1.76. The highest BCUT2D eigenvalue weighted by Gasteiger charge is 2.14. The quantitative estimate of drug-likeness (QED) is 0.161. The van der Waals surface area contributed by atoms with Gasteiger partial charge in [-0.2, -0.15) is 0 Å². The molecule has 3 heterocycles. The Kier molecular flexibility index (Phi) is 21.5. The van der Waals surface area contributed by atoms with Crippen LogP contribution >= 0.6 is 11.3 Å². The van der Waals surface area contributed by atoms with Gasteiger partial charge in [0.2, 0.25) is 5.91 Å². The average Bonchev–Trinajstić information content (AvgIpc) is 3.61. The van der Waals surface area contributed by atoms with Gasteiger partial charge in [0.1, 0.15) is 23.5 Å². The number of ether oxygens (including phenoxy) is 3. The van der Waals surface area contributed by atoms with Crippen molar-refractivity contribution in [3.05, 3.63) is 65.3 Å². The molecule has 2 aromatic heterocycles. The van der Waals surface area contributed by atoms with Crippen LogP contribution < -0.4 is 24.8 Å². The van der Waals surface area contributed by atoms with Crippen LogP contribution in [0.1, 0.15) is 69.9 Å². The van der Waals surface area contributed by atoms with E-state index < -0.39 is 0 Å². The first-order valence-electron chi connectivity index (χ1n) is 16.6. The Morgan fingerprint density at radius 3 is 2.22 bits per heavy atom. The fourth-order valence-electron chi connectivity index (χ4n) is 4.43. The van der Waals surface area contributed by atoms with Crippen molar-refractivity contribution in [3.63, 3.8) is 0 Å². The molecule has 2 aromatic carbocycles. The molecule has 2 N–H and O–H groups in total. The van der Waals surface area contributed by atoms with E-state index in [1.165, 1.54) is 37.3 Å². The molecule has 1 aliphatic rings. The van der Waals surface area contributed by atoms with Crippen molar-refractivity contribution in [2.45, 2.75) is 66.3 Å². The molecule has 268 valence electrons. The monoisotopic (exact) mass is 695 g/mol. The number of thiazole rings is 1. The van der Waals surface area contributed by atoms with Crippen molar-refractivity contribution >= 4 is 45.9 Å². The van der Waals surface area contributed by atoms with Crippen molar-refractivity contribution < 1.29 is 28.6 Å². The van der Waals surface area contributed by atoms with E-state index in [0.29, 0.717) is 52.0 Å². The number of likely N-dealkylation sites (tertiary alicyclic amines) is 1. The SMILES string of the molecule is CC.CC.CCC=O.CNC1CCN(C)CC1.COc1cc2nccc(Oc3cccc(CC(=O)Nc4nc(C=O)cs4)c3)c2cc1OC. The molecule has 0 radical (unpaired) electrons. The van der Waals surface area contributed by atoms with Crippen LogP contribution in [0.15, 0.2) is 54.0 Å². The maximum absolute atomic E-state index is 12.3. The van der Waals surface area contributed by atoms with Crippen LogP contribution in [0.4, 0.5) is 5.13 Å². The lowest BCUT2D eigenvalue weighted by Gasteiger charge is -2.28. The Hall–Kier alpha value is -4.39. The van der Waals surface area contributed by atoms with Crippen LogP contribution in [0.2, 0.25) is 0 Å². The molecular weight excluding hydrogens is 643 g/mol. The summed E-state index contributed by atoms with van der Waals surface area (Å²) in [6, 6.07) is 13.4. The molecule has 1 saturated heterocycles. The van der Waals surface area contributed by atoms with Gasteiger partial charge in [-0.15, -0.1) is 11.3 Å². The molecule has 0 aliphatic carbocycles. The predicted octanol–water partition coefficient (Wildman–Crippen LogP) is 7.44. The first kappa shape index (κ1) is 42.6. The second kappa shape index (κ2) is 24.7. The Morgan fingerprint density at radius 2 is 1.65 bits per heavy atom. The normalized spacial score (nSPS) is 12.2. The highest BCUT2D eigenvalue weighted by molar-refractivity contribution is 7.14. The number of pyridine rings is 1. The van der Waals surface area contributed by atoms with Crippen LogP contribution in [0.3, 0.4) is 0 Å². The third-order valence-electron chi connectivity index (χ3n) is 6.88. The Labute approximate surface area is 295 Å². The molecule has 49 heavy (non-hydrogen) atoms. The largest absolute Gasteiger partial charge is 0.493 e. The van der Waals surface area contributed by atoms with Crippen molar-refractivity contribution in [1.82, 2.24) is 20.2 Å². The number of carbonyl (C=O) groups is 3. The van der Waals surface area contributed by atoms with Gasteiger partial charge < -0.3 is 34.5 Å². The summed E-state index contributed by atoms with van der Waals surface area (Å²) in [7, 11) is 7.38. The first-order chi connectivity index (χ1) is 23.8. The second-order valence-electron chi connectivity index (χ2n) is 10.1. The summed E-state index contributed by atoms with van der Waals surface area (Å²) in [4.78, 5) is 43.0. The molecule has 0 bridgehead atoms. The van der Waals surface area contributed by atoms with Crippen molar-refractivity contribution in [2.24, 2.45) is 0 Å². The molecule has 5 rings (SSSR count). The van der Waals surface area contributed by atoms with E-state index >= 15 is 0 Å². The number of rotatable bonds is 10. The van der Waals surface area contributed by atoms with Gasteiger partial charge in [-0.05, 0) is 69.9 Å². The van der Waals surface area contributed by atoms with Crippen LogP contribution in [0.5, 0.6) is 23.0 Å². The van der Waals surface area contributed by atoms with Gasteiger partial charge in [-0.25, -0.2) is 4.98 Å². The zero-order chi connectivity index (χ0) is 36.6. The Bertz CT molecular complexity index is 1540. The van der Waals surface area contributed by atoms with Crippen molar-refractivity contribution in [2.75, 3.05) is 46.7 Å². The third-order valence-corrected chi connectivity index (χ3v) is 7.66. The number of benzene rings is 2. The molecule has 0 atom stereocenters. The number of piperidine rings is 1. The van der Waals surface area contributed by atoms with E-state index in [-0.39, 0.29) is 12.3 Å². The number of methoxy groups -OCH3 is 2. The van der Waals surface area contributed by atoms with Crippen LogP contribution in [0.25, 0.3) is 10.9 Å². The molecule has 11 nitrogen and oxygen atoms in total. The highest BCUT2D eigenvalue weighted by Crippen LogP contribution is 2.37. The van der Waals surface area contributed by atoms with E-state index in [9.17, 15) is 14.4 Å². The second-order valence-corrected chi connectivity index (χ2v) is 11.0. The zero-order valence-electron chi connectivity index (χ0n) is 30.4. The highest BCUT2D eigenvalue weighted by atomic mass is 32.1. The van der Waals surface area contributed by atoms with Crippen LogP contribution in [-0.2, 0) is 16.0 Å². The number of nitrogens with one attached hydrogen (secondary N) is 2. The van der Waals surface area contributed by atoms with Crippen LogP contribution in [-0.4, -0.2) is 80.8 Å². The lowest BCUT2D eigenvalue weighted by Crippen LogP contribution is -2.39. The predicted molar refractivity (Wildman–Crippen MR) is 200 cm³/mol. The topological polar surface area (TPSA) is 132 Å². The number of aldehydes is 2. The number of anilines is 1. The number of hydrogen-bond acceptors (Lipinski definition) is 11. The Morgan fingerprint density at radius 1 is 1.00 bits per heavy atom. The van der Waals surface area contributed by atoms with Gasteiger partial charge in [0.05, 0.1) is 26.2 Å². The lowest BCUT2D eigenvalue weighted by molar-refractivity contribution is -0.115. The van der Waals surface area contributed by atoms with Gasteiger partial charge in [0.15, 0.2) is 22.9 Å². The standard InChI is InChI=1S/C23H19N3O5S.C7H16N2.C3H6O.2C2H6/c1-29-20-10-17-18(11-21(20)30-2)24-7-6-19(17)31-16-5-3-4-14(8-16)9-22(28)26-23-25-15(12-27)13-32-23;1-8-7-3-5-9(2)6-4-7;1-2-3-4;2*1-2/h3-8,10-13H,9H2,1-2H3,(H,25,26,28);7-8H,3-6H2,1-2H3;3H,2H2,1H3;2*1-2H3. The van der Waals surface area contributed by atoms with Gasteiger partial charge in [-0.1, -0.05) is 46.8 Å². The van der Waals surface area contributed by atoms with E-state index in [1.54, 1.807) is 44.0 Å². The van der Waals surface area contributed by atoms with Gasteiger partial charge >= 0.3 is 0 Å². The number of aromatic nitrogens is 2. The molecule has 12 heteroatoms. The molecule has 0 spiro atoms. The fraction of sp³-hybridized carbons (Fsp3) is 0.432. The van der Waals surface area contributed by atoms with Crippen molar-refractivity contribution in [1.29, 1.82) is 0 Å². The maximum Gasteiger partial charge on any atom is 0.230 e. The number of amides is 1. The number of hydrogen-bond donors (Lipinski definition) is 2. The zero-order valence-corrected chi connectivity index (χ0v) is 31.2. The third kappa shape index (κ3) is 14.7. The molecule has 1 fully saturated rings. The van der Waals surface area contributed by atoms with E-state index in [1.807, 2.05) is 58.9 Å². The lowest BCUT2D eigenvalue weighted by atomic mass is 10.1. The average molecular weight is 696 g/mol. The number of nitrogens with zero attached hydrogens (tertiary/aromatic N) is 3. The summed E-state index contributed by atoms with van der Waals surface area (Å²) in [5, 5.41) is 8.73. The van der Waals surface area contributed by atoms with E-state index in [4.69, 9.17) is 14.2 Å². The molecule has 1 amide bonds. The molecule has 0 saturated carbocycles. The Balaban J connectivity index is 0.000000586. The summed E-state index contributed by atoms with van der Waals surface area (Å²) in [5.74, 6) is 2.10.